The van der Waals surface area contributed by atoms with Crippen molar-refractivity contribution in [2.45, 2.75) is 115 Å². The molecular formula is C57H73F2LiN4O15. The number of halogens is 2. The third kappa shape index (κ3) is 17.6. The number of carboxylic acid groups (broad SMARTS) is 1. The number of anilines is 2. The van der Waals surface area contributed by atoms with Crippen LogP contribution in [0.4, 0.5) is 20.2 Å². The van der Waals surface area contributed by atoms with Crippen molar-refractivity contribution in [3.05, 3.63) is 118 Å². The van der Waals surface area contributed by atoms with Gasteiger partial charge in [-0.1, -0.05) is 24.3 Å². The number of nitrogens with zero attached hydrogens (tertiary/aromatic N) is 2. The minimum absolute atomic E-state index is 0. The van der Waals surface area contributed by atoms with E-state index in [1.807, 2.05) is 24.3 Å². The van der Waals surface area contributed by atoms with Gasteiger partial charge in [-0.3, -0.25) is 9.59 Å². The average molecular weight is 1100 g/mol. The van der Waals surface area contributed by atoms with Crippen molar-refractivity contribution >= 4 is 35.1 Å². The van der Waals surface area contributed by atoms with Crippen LogP contribution in [0.1, 0.15) is 132 Å². The maximum absolute atomic E-state index is 14.5. The van der Waals surface area contributed by atoms with Crippen molar-refractivity contribution in [3.8, 4) is 11.5 Å². The molecule has 79 heavy (non-hydrogen) atoms. The van der Waals surface area contributed by atoms with Gasteiger partial charge in [0, 0.05) is 101 Å². The number of nitrogens with one attached hydrogen (secondary N) is 2. The minimum Gasteiger partial charge on any atom is -0.870 e. The summed E-state index contributed by atoms with van der Waals surface area (Å²) >= 11 is 0. The van der Waals surface area contributed by atoms with Crippen LogP contribution in [-0.4, -0.2) is 140 Å². The van der Waals surface area contributed by atoms with Gasteiger partial charge in [0.2, 0.25) is 0 Å². The number of carbonyl (C=O) groups is 4. The second-order valence-corrected chi connectivity index (χ2v) is 19.1. The second-order valence-electron chi connectivity index (χ2n) is 19.1. The molecule has 2 fully saturated rings. The van der Waals surface area contributed by atoms with Gasteiger partial charge in [0.05, 0.1) is 31.5 Å². The molecule has 0 bridgehead atoms. The SMILES string of the molecule is COC(=O)C(c1cc(F)ccc1OC1CCCCO1)N1Cc2cccc(NCCCCOCCCO)c2C1=O.O=C(O)C(c1cc(F)ccc1OC1CCCCO1)N1Cc2cccc(NCCCCOCCCO)c2C1=O.[Li+].[OH-]. The van der Waals surface area contributed by atoms with Crippen LogP contribution in [0.25, 0.3) is 0 Å². The first-order valence-corrected chi connectivity index (χ1v) is 26.7. The number of hydrogen-bond acceptors (Lipinski definition) is 16. The number of hydrogen-bond donors (Lipinski definition) is 5. The zero-order valence-electron chi connectivity index (χ0n) is 45.1. The number of carbonyl (C=O) groups excluding carboxylic acids is 3. The van der Waals surface area contributed by atoms with Gasteiger partial charge in [0.1, 0.15) is 23.1 Å². The van der Waals surface area contributed by atoms with Gasteiger partial charge in [0.15, 0.2) is 24.7 Å². The Kier molecular flexibility index (Phi) is 26.7. The number of aliphatic hydroxyl groups excluding tert-OH is 2. The third-order valence-electron chi connectivity index (χ3n) is 13.5. The fraction of sp³-hybridized carbons (Fsp3) is 0.509. The van der Waals surface area contributed by atoms with Crippen molar-refractivity contribution in [3.63, 3.8) is 0 Å². The van der Waals surface area contributed by atoms with Crippen molar-refractivity contribution in [2.75, 3.05) is 83.7 Å². The molecule has 4 aliphatic heterocycles. The van der Waals surface area contributed by atoms with Gasteiger partial charge in [-0.2, -0.15) is 0 Å². The zero-order chi connectivity index (χ0) is 54.5. The first-order chi connectivity index (χ1) is 37.5. The van der Waals surface area contributed by atoms with E-state index in [4.69, 9.17) is 43.4 Å². The summed E-state index contributed by atoms with van der Waals surface area (Å²) in [5.41, 5.74) is 3.97. The van der Waals surface area contributed by atoms with Gasteiger partial charge in [-0.15, -0.1) is 0 Å². The van der Waals surface area contributed by atoms with Crippen molar-refractivity contribution in [1.29, 1.82) is 0 Å². The fourth-order valence-electron chi connectivity index (χ4n) is 9.66. The molecule has 4 atom stereocenters. The van der Waals surface area contributed by atoms with Gasteiger partial charge in [0.25, 0.3) is 11.8 Å². The molecule has 426 valence electrons. The Morgan fingerprint density at radius 1 is 0.646 bits per heavy atom. The molecule has 6 N–H and O–H groups in total. The van der Waals surface area contributed by atoms with Gasteiger partial charge >= 0.3 is 30.8 Å². The number of aliphatic carboxylic acids is 1. The minimum atomic E-state index is -1.44. The summed E-state index contributed by atoms with van der Waals surface area (Å²) in [4.78, 5) is 55.6. The molecule has 2 amide bonds. The summed E-state index contributed by atoms with van der Waals surface area (Å²) in [7, 11) is 1.24. The Labute approximate surface area is 471 Å². The monoisotopic (exact) mass is 1100 g/mol. The van der Waals surface area contributed by atoms with Gasteiger partial charge in [-0.05, 0) is 124 Å². The fourth-order valence-corrected chi connectivity index (χ4v) is 9.66. The number of benzene rings is 4. The Morgan fingerprint density at radius 2 is 1.09 bits per heavy atom. The largest absolute Gasteiger partial charge is 1.00 e. The van der Waals surface area contributed by atoms with Crippen LogP contribution in [0, 0.1) is 11.6 Å². The smallest absolute Gasteiger partial charge is 0.870 e. The predicted molar refractivity (Wildman–Crippen MR) is 281 cm³/mol. The number of carboxylic acids is 1. The molecule has 4 aromatic rings. The van der Waals surface area contributed by atoms with E-state index >= 15 is 0 Å². The molecule has 0 spiro atoms. The first kappa shape index (κ1) is 64.0. The number of esters is 1. The quantitative estimate of drug-likeness (QED) is 0.0281. The van der Waals surface area contributed by atoms with E-state index in [9.17, 15) is 33.1 Å². The van der Waals surface area contributed by atoms with Crippen LogP contribution < -0.4 is 39.0 Å². The number of amides is 2. The molecule has 19 nitrogen and oxygen atoms in total. The van der Waals surface area contributed by atoms with E-state index < -0.39 is 54.1 Å². The van der Waals surface area contributed by atoms with Crippen LogP contribution in [-0.2, 0) is 46.4 Å². The van der Waals surface area contributed by atoms with E-state index in [1.54, 1.807) is 12.1 Å². The Morgan fingerprint density at radius 3 is 1.51 bits per heavy atom. The van der Waals surface area contributed by atoms with E-state index in [1.165, 1.54) is 47.2 Å². The van der Waals surface area contributed by atoms with Crippen molar-refractivity contribution < 1.29 is 101 Å². The second kappa shape index (κ2) is 33.0. The summed E-state index contributed by atoms with van der Waals surface area (Å²) in [5.74, 6) is -3.45. The van der Waals surface area contributed by atoms with E-state index in [0.29, 0.717) is 106 Å². The van der Waals surface area contributed by atoms with Crippen LogP contribution >= 0.6 is 0 Å². The number of rotatable bonds is 28. The van der Waals surface area contributed by atoms with E-state index in [2.05, 4.69) is 10.6 Å². The summed E-state index contributed by atoms with van der Waals surface area (Å²) in [6.45, 7) is 5.07. The van der Waals surface area contributed by atoms with Crippen LogP contribution in [0.2, 0.25) is 0 Å². The molecule has 4 unspecified atom stereocenters. The maximum Gasteiger partial charge on any atom is 1.00 e. The standard InChI is InChI=1S/C29H37FN2O7.C28H35FN2O7.Li.H2O/c1-36-29(35)27(22-18-21(30)11-12-24(22)39-25-10-2-4-17-38-25)32-19-20-8-6-9-23(26(20)28(32)34)31-13-3-5-15-37-16-7-14-33;29-20-10-11-23(38-24-9-1-3-16-37-24)21(17-20)26(28(34)35)31-18-19-7-5-8-22(25(19)27(31)33)30-12-2-4-14-36-15-6-13-32;;/h6,8-9,11-12,18,25,27,31,33H,2-5,7,10,13-17,19H2,1H3;5,7-8,10-11,17,24,26,30,32H,1-4,6,9,12-16,18H2,(H,34,35);;1H2/q;;+1;/p-1. The third-order valence-corrected chi connectivity index (χ3v) is 13.5. The molecule has 0 saturated carbocycles. The molecule has 0 aliphatic carbocycles. The summed E-state index contributed by atoms with van der Waals surface area (Å²) in [6.07, 6.45) is 8.51. The first-order valence-electron chi connectivity index (χ1n) is 26.7. The molecular weight excluding hydrogens is 1030 g/mol. The van der Waals surface area contributed by atoms with Crippen LogP contribution in [0.15, 0.2) is 72.8 Å². The molecule has 4 aliphatic rings. The van der Waals surface area contributed by atoms with Gasteiger partial charge in [-0.25, -0.2) is 18.4 Å². The summed E-state index contributed by atoms with van der Waals surface area (Å²) in [6, 6.07) is 16.0. The van der Waals surface area contributed by atoms with E-state index in [0.717, 1.165) is 63.0 Å². The number of methoxy groups -OCH3 is 1. The molecule has 2 saturated heterocycles. The van der Waals surface area contributed by atoms with Crippen molar-refractivity contribution in [2.24, 2.45) is 0 Å². The number of unbranched alkanes of at least 4 members (excludes halogenated alkanes) is 2. The molecule has 0 radical (unpaired) electrons. The Bertz CT molecular complexity index is 2590. The Hall–Kier alpha value is -5.86. The number of aliphatic hydroxyl groups is 2. The van der Waals surface area contributed by atoms with Crippen molar-refractivity contribution in [1.82, 2.24) is 9.80 Å². The zero-order valence-corrected chi connectivity index (χ0v) is 45.1. The average Bonchev–Trinajstić information content (AvgIpc) is 4.16. The molecule has 4 aromatic carbocycles. The topological polar surface area (TPSA) is 254 Å². The molecule has 22 heteroatoms. The van der Waals surface area contributed by atoms with Crippen LogP contribution in [0.5, 0.6) is 11.5 Å². The molecule has 4 heterocycles. The maximum atomic E-state index is 14.5. The number of fused-ring (bicyclic) bond motifs is 2. The molecule has 8 rings (SSSR count). The van der Waals surface area contributed by atoms with Gasteiger partial charge < -0.3 is 74.4 Å². The predicted octanol–water partition coefficient (Wildman–Crippen LogP) is 5.12. The Balaban J connectivity index is 0.000000284. The van der Waals surface area contributed by atoms with E-state index in [-0.39, 0.29) is 79.2 Å². The normalized spacial score (nSPS) is 17.2. The van der Waals surface area contributed by atoms with Crippen LogP contribution in [0.3, 0.4) is 0 Å². The summed E-state index contributed by atoms with van der Waals surface area (Å²) in [5, 5.41) is 34.4. The molecule has 0 aromatic heterocycles. The summed E-state index contributed by atoms with van der Waals surface area (Å²) < 4.78 is 68.1. The number of ether oxygens (including phenoxy) is 7.